The summed E-state index contributed by atoms with van der Waals surface area (Å²) in [5.74, 6) is 0.684. The standard InChI is InChI=1S/C19H19ClN4O2/c20-15-10-21-8-7-18(15)26-14-4-3-9-23(11-14)19(25)12-24-13-22-16-5-1-2-6-17(16)24/h1-2,5-8,10,13-14H,3-4,9,11-12H2. The second-order valence-electron chi connectivity index (χ2n) is 6.39. The number of pyridine rings is 1. The Labute approximate surface area is 156 Å². The van der Waals surface area contributed by atoms with Crippen LogP contribution in [-0.2, 0) is 11.3 Å². The van der Waals surface area contributed by atoms with Crippen molar-refractivity contribution in [3.05, 3.63) is 54.1 Å². The van der Waals surface area contributed by atoms with E-state index in [0.29, 0.717) is 17.3 Å². The highest BCUT2D eigenvalue weighted by Gasteiger charge is 2.25. The van der Waals surface area contributed by atoms with E-state index in [4.69, 9.17) is 16.3 Å². The van der Waals surface area contributed by atoms with Crippen LogP contribution in [0.1, 0.15) is 12.8 Å². The molecule has 1 aromatic carbocycles. The third-order valence-corrected chi connectivity index (χ3v) is 4.88. The van der Waals surface area contributed by atoms with Crippen LogP contribution in [-0.4, -0.2) is 44.5 Å². The van der Waals surface area contributed by atoms with Crippen molar-refractivity contribution < 1.29 is 9.53 Å². The molecule has 1 amide bonds. The fourth-order valence-corrected chi connectivity index (χ4v) is 3.44. The molecule has 0 spiro atoms. The molecule has 1 saturated heterocycles. The summed E-state index contributed by atoms with van der Waals surface area (Å²) in [5.41, 5.74) is 1.86. The first-order valence-corrected chi connectivity index (χ1v) is 9.02. The van der Waals surface area contributed by atoms with Gasteiger partial charge in [-0.2, -0.15) is 0 Å². The van der Waals surface area contributed by atoms with Crippen LogP contribution in [0.25, 0.3) is 11.0 Å². The number of piperidine rings is 1. The molecule has 1 atom stereocenters. The van der Waals surface area contributed by atoms with E-state index in [1.165, 1.54) is 0 Å². The number of halogens is 1. The fraction of sp³-hybridized carbons (Fsp3) is 0.316. The van der Waals surface area contributed by atoms with Crippen LogP contribution in [0, 0.1) is 0 Å². The number of hydrogen-bond acceptors (Lipinski definition) is 4. The van der Waals surface area contributed by atoms with Crippen molar-refractivity contribution >= 4 is 28.5 Å². The molecule has 2 aromatic heterocycles. The van der Waals surface area contributed by atoms with E-state index in [9.17, 15) is 4.79 Å². The number of para-hydroxylation sites is 2. The minimum absolute atomic E-state index is 0.0628. The summed E-state index contributed by atoms with van der Waals surface area (Å²) < 4.78 is 7.88. The van der Waals surface area contributed by atoms with Crippen molar-refractivity contribution in [2.24, 2.45) is 0 Å². The normalized spacial score (nSPS) is 17.4. The van der Waals surface area contributed by atoms with E-state index in [2.05, 4.69) is 9.97 Å². The number of hydrogen-bond donors (Lipinski definition) is 0. The zero-order valence-corrected chi connectivity index (χ0v) is 15.0. The van der Waals surface area contributed by atoms with Gasteiger partial charge in [0.25, 0.3) is 0 Å². The van der Waals surface area contributed by atoms with E-state index < -0.39 is 0 Å². The minimum atomic E-state index is -0.0628. The number of ether oxygens (including phenoxy) is 1. The lowest BCUT2D eigenvalue weighted by Gasteiger charge is -2.33. The number of likely N-dealkylation sites (tertiary alicyclic amines) is 1. The first-order valence-electron chi connectivity index (χ1n) is 8.64. The van der Waals surface area contributed by atoms with Crippen molar-refractivity contribution in [1.29, 1.82) is 0 Å². The first-order chi connectivity index (χ1) is 12.7. The van der Waals surface area contributed by atoms with Gasteiger partial charge in [0.2, 0.25) is 5.91 Å². The Morgan fingerprint density at radius 2 is 2.19 bits per heavy atom. The predicted octanol–water partition coefficient (Wildman–Crippen LogP) is 3.15. The topological polar surface area (TPSA) is 60.2 Å². The molecule has 3 aromatic rings. The second kappa shape index (κ2) is 7.33. The molecule has 1 fully saturated rings. The Morgan fingerprint density at radius 3 is 3.08 bits per heavy atom. The Kier molecular flexibility index (Phi) is 4.75. The number of imidazole rings is 1. The molecular formula is C19H19ClN4O2. The Morgan fingerprint density at radius 1 is 1.31 bits per heavy atom. The van der Waals surface area contributed by atoms with E-state index >= 15 is 0 Å². The van der Waals surface area contributed by atoms with Crippen molar-refractivity contribution in [3.8, 4) is 5.75 Å². The predicted molar refractivity (Wildman–Crippen MR) is 99.2 cm³/mol. The van der Waals surface area contributed by atoms with Crippen LogP contribution in [0.15, 0.2) is 49.1 Å². The van der Waals surface area contributed by atoms with Gasteiger partial charge in [0.15, 0.2) is 0 Å². The number of benzene rings is 1. The molecule has 134 valence electrons. The van der Waals surface area contributed by atoms with Crippen LogP contribution in [0.2, 0.25) is 5.02 Å². The molecule has 0 bridgehead atoms. The van der Waals surface area contributed by atoms with Gasteiger partial charge in [-0.1, -0.05) is 23.7 Å². The number of rotatable bonds is 4. The van der Waals surface area contributed by atoms with Crippen LogP contribution >= 0.6 is 11.6 Å². The minimum Gasteiger partial charge on any atom is -0.487 e. The van der Waals surface area contributed by atoms with Crippen LogP contribution < -0.4 is 4.74 Å². The van der Waals surface area contributed by atoms with Gasteiger partial charge in [0.1, 0.15) is 23.4 Å². The van der Waals surface area contributed by atoms with Gasteiger partial charge < -0.3 is 14.2 Å². The number of aromatic nitrogens is 3. The van der Waals surface area contributed by atoms with E-state index in [1.54, 1.807) is 24.8 Å². The van der Waals surface area contributed by atoms with E-state index in [0.717, 1.165) is 30.4 Å². The first kappa shape index (κ1) is 16.8. The molecule has 1 aliphatic heterocycles. The SMILES string of the molecule is O=C(Cn1cnc2ccccc21)N1CCCC(Oc2ccncc2Cl)C1. The summed E-state index contributed by atoms with van der Waals surface area (Å²) in [6.07, 6.45) is 6.67. The number of carbonyl (C=O) groups excluding carboxylic acids is 1. The van der Waals surface area contributed by atoms with Gasteiger partial charge in [0.05, 0.1) is 23.9 Å². The van der Waals surface area contributed by atoms with Crippen molar-refractivity contribution in [1.82, 2.24) is 19.4 Å². The fourth-order valence-electron chi connectivity index (χ4n) is 3.28. The molecule has 0 radical (unpaired) electrons. The van der Waals surface area contributed by atoms with Gasteiger partial charge in [-0.25, -0.2) is 4.98 Å². The number of nitrogens with zero attached hydrogens (tertiary/aromatic N) is 4. The molecule has 0 aliphatic carbocycles. The highest BCUT2D eigenvalue weighted by atomic mass is 35.5. The van der Waals surface area contributed by atoms with Gasteiger partial charge in [-0.15, -0.1) is 0 Å². The highest BCUT2D eigenvalue weighted by molar-refractivity contribution is 6.31. The lowest BCUT2D eigenvalue weighted by Crippen LogP contribution is -2.45. The van der Waals surface area contributed by atoms with Gasteiger partial charge in [-0.3, -0.25) is 9.78 Å². The summed E-state index contributed by atoms with van der Waals surface area (Å²) >= 11 is 6.11. The summed E-state index contributed by atoms with van der Waals surface area (Å²) in [6, 6.07) is 9.57. The van der Waals surface area contributed by atoms with Crippen LogP contribution in [0.5, 0.6) is 5.75 Å². The molecule has 6 nitrogen and oxygen atoms in total. The molecule has 26 heavy (non-hydrogen) atoms. The molecule has 0 saturated carbocycles. The number of carbonyl (C=O) groups is 1. The van der Waals surface area contributed by atoms with Crippen molar-refractivity contribution in [2.45, 2.75) is 25.5 Å². The summed E-state index contributed by atoms with van der Waals surface area (Å²) in [5, 5.41) is 0.487. The van der Waals surface area contributed by atoms with Crippen molar-refractivity contribution in [3.63, 3.8) is 0 Å². The number of amides is 1. The molecule has 3 heterocycles. The molecule has 4 rings (SSSR count). The smallest absolute Gasteiger partial charge is 0.242 e. The third-order valence-electron chi connectivity index (χ3n) is 4.59. The largest absolute Gasteiger partial charge is 0.487 e. The van der Waals surface area contributed by atoms with E-state index in [1.807, 2.05) is 33.7 Å². The van der Waals surface area contributed by atoms with Gasteiger partial charge in [0, 0.05) is 25.0 Å². The maximum Gasteiger partial charge on any atom is 0.242 e. The third kappa shape index (κ3) is 3.51. The average molecular weight is 371 g/mol. The lowest BCUT2D eigenvalue weighted by molar-refractivity contribution is -0.134. The molecule has 1 aliphatic rings. The monoisotopic (exact) mass is 370 g/mol. The quantitative estimate of drug-likeness (QED) is 0.707. The highest BCUT2D eigenvalue weighted by Crippen LogP contribution is 2.25. The second-order valence-corrected chi connectivity index (χ2v) is 6.80. The summed E-state index contributed by atoms with van der Waals surface area (Å²) in [7, 11) is 0. The summed E-state index contributed by atoms with van der Waals surface area (Å²) in [4.78, 5) is 22.9. The van der Waals surface area contributed by atoms with Crippen LogP contribution in [0.4, 0.5) is 0 Å². The van der Waals surface area contributed by atoms with E-state index in [-0.39, 0.29) is 18.6 Å². The zero-order valence-electron chi connectivity index (χ0n) is 14.2. The maximum atomic E-state index is 12.8. The molecule has 7 heteroatoms. The van der Waals surface area contributed by atoms with Crippen LogP contribution in [0.3, 0.4) is 0 Å². The molecule has 0 N–H and O–H groups in total. The Hall–Kier alpha value is -2.60. The Balaban J connectivity index is 1.42. The maximum absolute atomic E-state index is 12.8. The summed E-state index contributed by atoms with van der Waals surface area (Å²) in [6.45, 7) is 1.59. The number of fused-ring (bicyclic) bond motifs is 1. The van der Waals surface area contributed by atoms with Gasteiger partial charge in [-0.05, 0) is 25.0 Å². The molecular weight excluding hydrogens is 352 g/mol. The Bertz CT molecular complexity index is 927. The van der Waals surface area contributed by atoms with Gasteiger partial charge >= 0.3 is 0 Å². The molecule has 1 unspecified atom stereocenters. The van der Waals surface area contributed by atoms with Crippen molar-refractivity contribution in [2.75, 3.05) is 13.1 Å². The zero-order chi connectivity index (χ0) is 17.9. The average Bonchev–Trinajstić information content (AvgIpc) is 3.07. The lowest BCUT2D eigenvalue weighted by atomic mass is 10.1.